The molecule has 0 aliphatic carbocycles. The number of halogens is 1. The fraction of sp³-hybridized carbons (Fsp3) is 0.375. The Morgan fingerprint density at radius 2 is 1.66 bits per heavy atom. The molecule has 0 radical (unpaired) electrons. The second kappa shape index (κ2) is 10.8. The molecule has 1 atom stereocenters. The van der Waals surface area contributed by atoms with Crippen LogP contribution in [0.2, 0.25) is 5.02 Å². The Hall–Kier alpha value is -3.50. The number of methoxy groups -OCH3 is 2. The lowest BCUT2D eigenvalue weighted by Gasteiger charge is -2.29. The first-order chi connectivity index (χ1) is 16.2. The number of anilines is 1. The van der Waals surface area contributed by atoms with Crippen molar-refractivity contribution in [1.82, 2.24) is 0 Å². The van der Waals surface area contributed by atoms with Gasteiger partial charge >= 0.3 is 17.8 Å². The predicted molar refractivity (Wildman–Crippen MR) is 129 cm³/mol. The number of rotatable bonds is 6. The van der Waals surface area contributed by atoms with Crippen molar-refractivity contribution in [2.45, 2.75) is 39.4 Å². The van der Waals surface area contributed by atoms with E-state index < -0.39 is 45.8 Å². The van der Waals surface area contributed by atoms with Gasteiger partial charge in [0.25, 0.3) is 5.69 Å². The van der Waals surface area contributed by atoms with Crippen molar-refractivity contribution in [3.63, 3.8) is 0 Å². The molecule has 1 unspecified atom stereocenters. The van der Waals surface area contributed by atoms with E-state index in [0.29, 0.717) is 10.5 Å². The number of carbonyl (C=O) groups is 3. The number of esters is 2. The van der Waals surface area contributed by atoms with Crippen LogP contribution in [0.5, 0.6) is 0 Å². The zero-order valence-electron chi connectivity index (χ0n) is 20.5. The van der Waals surface area contributed by atoms with Crippen LogP contribution in [-0.4, -0.2) is 49.6 Å². The van der Waals surface area contributed by atoms with E-state index in [0.717, 1.165) is 19.7 Å². The lowest BCUT2D eigenvalue weighted by molar-refractivity contribution is -0.384. The van der Waals surface area contributed by atoms with Crippen LogP contribution < -0.4 is 4.90 Å². The standard InChI is InChI=1S/C24H27ClN2O8/c1-13-8-10-14(11-9-13)15-12-16(27(31)32)19(26(5)21(28)23(30)34-7)18(25)17(15)20(22(29)33-6)35-24(2,3)4/h8-12,20H,1-7H3. The SMILES string of the molecule is COC(=O)C(=O)N(C)c1c([N+](=O)[O-])cc(-c2ccc(C)cc2)c(C(OC(C)(C)C)C(=O)OC)c1Cl. The molecule has 2 aromatic carbocycles. The number of hydrogen-bond acceptors (Lipinski definition) is 8. The van der Waals surface area contributed by atoms with Crippen molar-refractivity contribution in [1.29, 1.82) is 0 Å². The Labute approximate surface area is 207 Å². The zero-order chi connectivity index (χ0) is 26.7. The number of benzene rings is 2. The molecule has 0 aliphatic heterocycles. The first-order valence-corrected chi connectivity index (χ1v) is 10.8. The molecule has 2 aromatic rings. The minimum Gasteiger partial charge on any atom is -0.467 e. The molecule has 0 bridgehead atoms. The van der Waals surface area contributed by atoms with E-state index in [2.05, 4.69) is 4.74 Å². The number of nitro benzene ring substituents is 1. The van der Waals surface area contributed by atoms with Crippen LogP contribution in [0.1, 0.15) is 38.0 Å². The minimum atomic E-state index is -1.41. The summed E-state index contributed by atoms with van der Waals surface area (Å²) in [6.45, 7) is 7.00. The van der Waals surface area contributed by atoms with Crippen LogP contribution in [0.25, 0.3) is 11.1 Å². The van der Waals surface area contributed by atoms with Crippen molar-refractivity contribution < 1.29 is 33.5 Å². The maximum atomic E-state index is 12.9. The average molecular weight is 507 g/mol. The molecule has 188 valence electrons. The van der Waals surface area contributed by atoms with Crippen LogP contribution >= 0.6 is 11.6 Å². The van der Waals surface area contributed by atoms with Gasteiger partial charge in [-0.15, -0.1) is 0 Å². The van der Waals surface area contributed by atoms with E-state index in [1.807, 2.05) is 6.92 Å². The third kappa shape index (κ3) is 6.14. The summed E-state index contributed by atoms with van der Waals surface area (Å²) in [4.78, 5) is 49.3. The van der Waals surface area contributed by atoms with Gasteiger partial charge in [-0.3, -0.25) is 19.8 Å². The summed E-state index contributed by atoms with van der Waals surface area (Å²) in [6.07, 6.45) is -1.41. The van der Waals surface area contributed by atoms with Gasteiger partial charge in [0, 0.05) is 18.7 Å². The van der Waals surface area contributed by atoms with Gasteiger partial charge in [0.2, 0.25) is 0 Å². The minimum absolute atomic E-state index is 0.0439. The van der Waals surface area contributed by atoms with Crippen molar-refractivity contribution >= 4 is 40.8 Å². The Morgan fingerprint density at radius 3 is 2.11 bits per heavy atom. The Balaban J connectivity index is 3.02. The molecule has 11 heteroatoms. The first kappa shape index (κ1) is 27.7. The van der Waals surface area contributed by atoms with E-state index in [-0.39, 0.29) is 16.1 Å². The molecule has 0 fully saturated rings. The van der Waals surface area contributed by atoms with E-state index >= 15 is 0 Å². The van der Waals surface area contributed by atoms with Crippen molar-refractivity contribution in [2.24, 2.45) is 0 Å². The summed E-state index contributed by atoms with van der Waals surface area (Å²) in [7, 11) is 3.31. The van der Waals surface area contributed by atoms with Gasteiger partial charge in [-0.25, -0.2) is 9.59 Å². The molecule has 1 amide bonds. The van der Waals surface area contributed by atoms with E-state index in [1.54, 1.807) is 45.0 Å². The molecule has 0 N–H and O–H groups in total. The number of aryl methyl sites for hydroxylation is 1. The maximum Gasteiger partial charge on any atom is 0.397 e. The molecule has 0 aliphatic rings. The first-order valence-electron chi connectivity index (χ1n) is 10.4. The highest BCUT2D eigenvalue weighted by Gasteiger charge is 2.38. The number of amides is 1. The van der Waals surface area contributed by atoms with E-state index in [9.17, 15) is 24.5 Å². The monoisotopic (exact) mass is 506 g/mol. The van der Waals surface area contributed by atoms with Gasteiger partial charge in [-0.05, 0) is 38.8 Å². The van der Waals surface area contributed by atoms with Gasteiger partial charge in [0.05, 0.1) is 29.8 Å². The fourth-order valence-corrected chi connectivity index (χ4v) is 3.76. The highest BCUT2D eigenvalue weighted by atomic mass is 35.5. The summed E-state index contributed by atoms with van der Waals surface area (Å²) in [5.74, 6) is -3.26. The number of ether oxygens (including phenoxy) is 3. The highest BCUT2D eigenvalue weighted by Crippen LogP contribution is 2.47. The average Bonchev–Trinajstić information content (AvgIpc) is 2.80. The molecule has 10 nitrogen and oxygen atoms in total. The third-order valence-electron chi connectivity index (χ3n) is 4.97. The van der Waals surface area contributed by atoms with Gasteiger partial charge in [0.1, 0.15) is 5.69 Å². The number of nitrogens with zero attached hydrogens (tertiary/aromatic N) is 2. The van der Waals surface area contributed by atoms with Crippen LogP contribution in [0.15, 0.2) is 30.3 Å². The summed E-state index contributed by atoms with van der Waals surface area (Å²) in [5.41, 5.74) is -0.103. The zero-order valence-corrected chi connectivity index (χ0v) is 21.3. The van der Waals surface area contributed by atoms with Crippen LogP contribution in [0, 0.1) is 17.0 Å². The Morgan fingerprint density at radius 1 is 1.09 bits per heavy atom. The molecular weight excluding hydrogens is 480 g/mol. The van der Waals surface area contributed by atoms with Crippen LogP contribution in [0.3, 0.4) is 0 Å². The van der Waals surface area contributed by atoms with Gasteiger partial charge < -0.3 is 14.2 Å². The van der Waals surface area contributed by atoms with Crippen LogP contribution in [-0.2, 0) is 28.6 Å². The normalized spacial score (nSPS) is 12.0. The second-order valence-electron chi connectivity index (χ2n) is 8.63. The van der Waals surface area contributed by atoms with E-state index in [4.69, 9.17) is 21.1 Å². The van der Waals surface area contributed by atoms with Gasteiger partial charge in [-0.2, -0.15) is 0 Å². The molecule has 0 saturated carbocycles. The van der Waals surface area contributed by atoms with E-state index in [1.165, 1.54) is 13.2 Å². The largest absolute Gasteiger partial charge is 0.467 e. The fourth-order valence-electron chi connectivity index (χ4n) is 3.34. The molecule has 0 aromatic heterocycles. The number of carbonyl (C=O) groups excluding carboxylic acids is 3. The Bertz CT molecular complexity index is 1160. The number of hydrogen-bond donors (Lipinski definition) is 0. The number of nitro groups is 1. The molecule has 0 heterocycles. The quantitative estimate of drug-likeness (QED) is 0.244. The Kier molecular flexibility index (Phi) is 8.59. The molecular formula is C24H27ClN2O8. The number of likely N-dealkylation sites (N-methyl/N-ethyl adjacent to an activating group) is 1. The maximum absolute atomic E-state index is 12.9. The second-order valence-corrected chi connectivity index (χ2v) is 9.01. The van der Waals surface area contributed by atoms with Crippen molar-refractivity contribution in [3.8, 4) is 11.1 Å². The summed E-state index contributed by atoms with van der Waals surface area (Å²) < 4.78 is 15.4. The van der Waals surface area contributed by atoms with Crippen molar-refractivity contribution in [2.75, 3.05) is 26.2 Å². The lowest BCUT2D eigenvalue weighted by atomic mass is 9.93. The van der Waals surface area contributed by atoms with Crippen molar-refractivity contribution in [3.05, 3.63) is 56.6 Å². The smallest absolute Gasteiger partial charge is 0.397 e. The summed E-state index contributed by atoms with van der Waals surface area (Å²) in [6, 6.07) is 8.18. The summed E-state index contributed by atoms with van der Waals surface area (Å²) >= 11 is 6.72. The van der Waals surface area contributed by atoms with Gasteiger partial charge in [0.15, 0.2) is 6.10 Å². The van der Waals surface area contributed by atoms with Gasteiger partial charge in [-0.1, -0.05) is 41.4 Å². The molecule has 35 heavy (non-hydrogen) atoms. The van der Waals surface area contributed by atoms with Crippen LogP contribution in [0.4, 0.5) is 11.4 Å². The molecule has 0 saturated heterocycles. The molecule has 0 spiro atoms. The molecule has 2 rings (SSSR count). The topological polar surface area (TPSA) is 125 Å². The predicted octanol–water partition coefficient (Wildman–Crippen LogP) is 4.39. The third-order valence-corrected chi connectivity index (χ3v) is 5.35. The lowest BCUT2D eigenvalue weighted by Crippen LogP contribution is -2.35. The highest BCUT2D eigenvalue weighted by molar-refractivity contribution is 6.41. The summed E-state index contributed by atoms with van der Waals surface area (Å²) in [5, 5.41) is 11.7.